The summed E-state index contributed by atoms with van der Waals surface area (Å²) in [6.45, 7) is 4.11. The predicted octanol–water partition coefficient (Wildman–Crippen LogP) is 5.16. The van der Waals surface area contributed by atoms with Gasteiger partial charge in [-0.1, -0.05) is 40.2 Å². The van der Waals surface area contributed by atoms with Gasteiger partial charge in [0.15, 0.2) is 0 Å². The molecule has 1 aliphatic rings. The highest BCUT2D eigenvalue weighted by atomic mass is 79.9. The van der Waals surface area contributed by atoms with Crippen LogP contribution < -0.4 is 0 Å². The number of amides is 1. The van der Waals surface area contributed by atoms with Crippen LogP contribution in [0.25, 0.3) is 0 Å². The number of hydrogen-bond acceptors (Lipinski definition) is 3. The number of carbonyl (C=O) groups excluding carboxylic acids is 1. The summed E-state index contributed by atoms with van der Waals surface area (Å²) in [6.07, 6.45) is -0.291. The van der Waals surface area contributed by atoms with E-state index in [4.69, 9.17) is 4.74 Å². The molecule has 4 nitrogen and oxygen atoms in total. The van der Waals surface area contributed by atoms with E-state index in [1.54, 1.807) is 24.0 Å². The average Bonchev–Trinajstić information content (AvgIpc) is 2.62. The summed E-state index contributed by atoms with van der Waals surface area (Å²) in [5.41, 5.74) is 0.767. The lowest BCUT2D eigenvalue weighted by Gasteiger charge is -2.44. The van der Waals surface area contributed by atoms with Crippen LogP contribution in [-0.2, 0) is 10.3 Å². The van der Waals surface area contributed by atoms with Gasteiger partial charge in [0.1, 0.15) is 11.4 Å². The molecule has 2 aromatic carbocycles. The highest BCUT2D eigenvalue weighted by Crippen LogP contribution is 2.40. The molecule has 3 unspecified atom stereocenters. The minimum Gasteiger partial charge on any atom is -0.438 e. The van der Waals surface area contributed by atoms with Crippen molar-refractivity contribution >= 4 is 22.0 Å². The summed E-state index contributed by atoms with van der Waals surface area (Å²) >= 11 is 3.42. The lowest BCUT2D eigenvalue weighted by Crippen LogP contribution is -2.49. The summed E-state index contributed by atoms with van der Waals surface area (Å²) in [5.74, 6) is -0.349. The molecule has 1 saturated heterocycles. The van der Waals surface area contributed by atoms with Crippen molar-refractivity contribution in [1.82, 2.24) is 4.90 Å². The Morgan fingerprint density at radius 3 is 2.37 bits per heavy atom. The summed E-state index contributed by atoms with van der Waals surface area (Å²) in [5, 5.41) is 9.97. The number of carbonyl (C=O) groups is 1. The van der Waals surface area contributed by atoms with Crippen molar-refractivity contribution in [3.05, 3.63) is 69.9 Å². The van der Waals surface area contributed by atoms with Crippen molar-refractivity contribution in [2.45, 2.75) is 44.4 Å². The Kier molecular flexibility index (Phi) is 5.86. The SMILES string of the molecule is CC(O)CC1(c2ccc(F)cc2)CCN(C(C)c2ccc(Br)cc2)C(=O)O1. The molecule has 0 aliphatic carbocycles. The molecule has 0 radical (unpaired) electrons. The number of halogens is 2. The number of nitrogens with zero attached hydrogens (tertiary/aromatic N) is 1. The van der Waals surface area contributed by atoms with E-state index in [9.17, 15) is 14.3 Å². The van der Waals surface area contributed by atoms with E-state index < -0.39 is 17.8 Å². The van der Waals surface area contributed by atoms with Crippen LogP contribution in [-0.4, -0.2) is 28.7 Å². The maximum absolute atomic E-state index is 13.3. The van der Waals surface area contributed by atoms with Gasteiger partial charge in [-0.3, -0.25) is 0 Å². The molecule has 144 valence electrons. The Hall–Kier alpha value is -1.92. The Labute approximate surface area is 167 Å². The third kappa shape index (κ3) is 4.33. The molecular formula is C21H23BrFNO3. The van der Waals surface area contributed by atoms with E-state index in [2.05, 4.69) is 15.9 Å². The maximum Gasteiger partial charge on any atom is 0.411 e. The van der Waals surface area contributed by atoms with Crippen LogP contribution >= 0.6 is 15.9 Å². The molecule has 6 heteroatoms. The molecule has 3 atom stereocenters. The van der Waals surface area contributed by atoms with Crippen LogP contribution in [0.2, 0.25) is 0 Å². The molecule has 1 fully saturated rings. The zero-order valence-corrected chi connectivity index (χ0v) is 16.9. The van der Waals surface area contributed by atoms with Gasteiger partial charge in [-0.2, -0.15) is 0 Å². The quantitative estimate of drug-likeness (QED) is 0.705. The molecular weight excluding hydrogens is 413 g/mol. The predicted molar refractivity (Wildman–Crippen MR) is 105 cm³/mol. The molecule has 0 spiro atoms. The minimum atomic E-state index is -0.950. The maximum atomic E-state index is 13.3. The first kappa shape index (κ1) is 19.8. The second kappa shape index (κ2) is 7.98. The largest absolute Gasteiger partial charge is 0.438 e. The third-order valence-corrected chi connectivity index (χ3v) is 5.62. The molecule has 27 heavy (non-hydrogen) atoms. The van der Waals surface area contributed by atoms with Gasteiger partial charge in [0.05, 0.1) is 12.1 Å². The second-order valence-corrected chi connectivity index (χ2v) is 8.01. The normalized spacial score (nSPS) is 22.3. The van der Waals surface area contributed by atoms with Gasteiger partial charge < -0.3 is 14.7 Å². The van der Waals surface area contributed by atoms with Crippen LogP contribution in [0.1, 0.15) is 43.9 Å². The van der Waals surface area contributed by atoms with Gasteiger partial charge in [-0.15, -0.1) is 0 Å². The second-order valence-electron chi connectivity index (χ2n) is 7.09. The Balaban J connectivity index is 1.84. The van der Waals surface area contributed by atoms with Crippen molar-refractivity contribution in [2.75, 3.05) is 6.54 Å². The fourth-order valence-corrected chi connectivity index (χ4v) is 3.90. The minimum absolute atomic E-state index is 0.136. The molecule has 1 heterocycles. The van der Waals surface area contributed by atoms with Gasteiger partial charge in [-0.25, -0.2) is 9.18 Å². The highest BCUT2D eigenvalue weighted by Gasteiger charge is 2.44. The number of aliphatic hydroxyl groups is 1. The molecule has 2 aromatic rings. The smallest absolute Gasteiger partial charge is 0.411 e. The monoisotopic (exact) mass is 435 g/mol. The van der Waals surface area contributed by atoms with Crippen LogP contribution in [0.15, 0.2) is 53.0 Å². The van der Waals surface area contributed by atoms with E-state index in [-0.39, 0.29) is 18.3 Å². The molecule has 1 aliphatic heterocycles. The molecule has 1 amide bonds. The fraction of sp³-hybridized carbons (Fsp3) is 0.381. The average molecular weight is 436 g/mol. The van der Waals surface area contributed by atoms with Crippen molar-refractivity contribution in [3.63, 3.8) is 0 Å². The first-order valence-corrected chi connectivity index (χ1v) is 9.79. The fourth-order valence-electron chi connectivity index (χ4n) is 3.64. The number of benzene rings is 2. The summed E-state index contributed by atoms with van der Waals surface area (Å²) in [7, 11) is 0. The summed E-state index contributed by atoms with van der Waals surface area (Å²) < 4.78 is 20.2. The highest BCUT2D eigenvalue weighted by molar-refractivity contribution is 9.10. The zero-order valence-electron chi connectivity index (χ0n) is 15.4. The molecule has 0 aromatic heterocycles. The summed E-state index contributed by atoms with van der Waals surface area (Å²) in [4.78, 5) is 14.5. The van der Waals surface area contributed by atoms with Crippen molar-refractivity contribution < 1.29 is 19.0 Å². The molecule has 0 saturated carbocycles. The van der Waals surface area contributed by atoms with Crippen molar-refractivity contribution in [1.29, 1.82) is 0 Å². The Bertz CT molecular complexity index is 794. The molecule has 0 bridgehead atoms. The number of cyclic esters (lactones) is 1. The van der Waals surface area contributed by atoms with Gasteiger partial charge >= 0.3 is 6.09 Å². The van der Waals surface area contributed by atoms with Crippen molar-refractivity contribution in [3.8, 4) is 0 Å². The topological polar surface area (TPSA) is 49.8 Å². The van der Waals surface area contributed by atoms with Crippen LogP contribution in [0, 0.1) is 5.82 Å². The zero-order chi connectivity index (χ0) is 19.6. The van der Waals surface area contributed by atoms with E-state index in [0.717, 1.165) is 10.0 Å². The number of hydrogen-bond donors (Lipinski definition) is 1. The lowest BCUT2D eigenvalue weighted by molar-refractivity contribution is -0.0815. The number of rotatable bonds is 5. The first-order chi connectivity index (χ1) is 12.8. The van der Waals surface area contributed by atoms with Gasteiger partial charge in [-0.05, 0) is 49.2 Å². The van der Waals surface area contributed by atoms with Crippen LogP contribution in [0.5, 0.6) is 0 Å². The lowest BCUT2D eigenvalue weighted by atomic mass is 9.84. The van der Waals surface area contributed by atoms with E-state index in [0.29, 0.717) is 18.5 Å². The first-order valence-electron chi connectivity index (χ1n) is 9.00. The Morgan fingerprint density at radius 2 is 1.81 bits per heavy atom. The summed E-state index contributed by atoms with van der Waals surface area (Å²) in [6, 6.07) is 13.6. The van der Waals surface area contributed by atoms with E-state index in [1.807, 2.05) is 31.2 Å². The van der Waals surface area contributed by atoms with E-state index in [1.165, 1.54) is 12.1 Å². The molecule has 1 N–H and O–H groups in total. The van der Waals surface area contributed by atoms with Gasteiger partial charge in [0.2, 0.25) is 0 Å². The standard InChI is InChI=1S/C21H23BrFNO3/c1-14(25)13-21(17-5-9-19(23)10-6-17)11-12-24(20(26)27-21)15(2)16-3-7-18(22)8-4-16/h3-10,14-15,25H,11-13H2,1-2H3. The Morgan fingerprint density at radius 1 is 1.19 bits per heavy atom. The number of aliphatic hydroxyl groups excluding tert-OH is 1. The third-order valence-electron chi connectivity index (χ3n) is 5.09. The molecule has 3 rings (SSSR count). The van der Waals surface area contributed by atoms with Crippen LogP contribution in [0.3, 0.4) is 0 Å². The van der Waals surface area contributed by atoms with Gasteiger partial charge in [0.25, 0.3) is 0 Å². The van der Waals surface area contributed by atoms with Crippen LogP contribution in [0.4, 0.5) is 9.18 Å². The van der Waals surface area contributed by atoms with E-state index >= 15 is 0 Å². The number of ether oxygens (including phenoxy) is 1. The van der Waals surface area contributed by atoms with Crippen molar-refractivity contribution in [2.24, 2.45) is 0 Å². The van der Waals surface area contributed by atoms with Gasteiger partial charge in [0, 0.05) is 23.9 Å².